The van der Waals surface area contributed by atoms with Crippen LogP contribution in [0.1, 0.15) is 22.7 Å². The van der Waals surface area contributed by atoms with Gasteiger partial charge in [0.05, 0.1) is 5.69 Å². The first-order chi connectivity index (χ1) is 8.16. The highest BCUT2D eigenvalue weighted by molar-refractivity contribution is 5.35. The molecule has 0 saturated carbocycles. The van der Waals surface area contributed by atoms with Crippen molar-refractivity contribution < 1.29 is 4.52 Å². The third-order valence-corrected chi connectivity index (χ3v) is 2.75. The standard InChI is InChI=1S/C13H17N3O/c1-9-5-4-6-13(15-9)14-8-7-12-10(2)16-17-11(12)3/h4-6H,7-8H2,1-3H3,(H,14,15). The van der Waals surface area contributed by atoms with Gasteiger partial charge in [0.2, 0.25) is 0 Å². The van der Waals surface area contributed by atoms with Gasteiger partial charge in [-0.3, -0.25) is 0 Å². The quantitative estimate of drug-likeness (QED) is 0.878. The zero-order valence-corrected chi connectivity index (χ0v) is 10.4. The van der Waals surface area contributed by atoms with E-state index in [1.54, 1.807) is 0 Å². The molecule has 0 saturated heterocycles. The molecule has 0 radical (unpaired) electrons. The summed E-state index contributed by atoms with van der Waals surface area (Å²) in [6.45, 7) is 6.73. The molecular weight excluding hydrogens is 214 g/mol. The summed E-state index contributed by atoms with van der Waals surface area (Å²) < 4.78 is 5.12. The van der Waals surface area contributed by atoms with Crippen LogP contribution in [0.15, 0.2) is 22.7 Å². The van der Waals surface area contributed by atoms with Gasteiger partial charge in [-0.05, 0) is 39.3 Å². The van der Waals surface area contributed by atoms with Crippen LogP contribution >= 0.6 is 0 Å². The van der Waals surface area contributed by atoms with E-state index in [9.17, 15) is 0 Å². The molecule has 0 aromatic carbocycles. The molecule has 90 valence electrons. The minimum atomic E-state index is 0.833. The van der Waals surface area contributed by atoms with Crippen molar-refractivity contribution in [2.24, 2.45) is 0 Å². The summed E-state index contributed by atoms with van der Waals surface area (Å²) in [5.74, 6) is 1.82. The lowest BCUT2D eigenvalue weighted by Gasteiger charge is -2.05. The van der Waals surface area contributed by atoms with Crippen molar-refractivity contribution in [3.63, 3.8) is 0 Å². The van der Waals surface area contributed by atoms with E-state index in [1.165, 1.54) is 5.56 Å². The van der Waals surface area contributed by atoms with E-state index in [0.29, 0.717) is 0 Å². The summed E-state index contributed by atoms with van der Waals surface area (Å²) in [5.41, 5.74) is 3.18. The van der Waals surface area contributed by atoms with Gasteiger partial charge in [0.25, 0.3) is 0 Å². The molecule has 0 amide bonds. The third-order valence-electron chi connectivity index (χ3n) is 2.75. The number of aromatic nitrogens is 2. The molecule has 0 fully saturated rings. The predicted octanol–water partition coefficient (Wildman–Crippen LogP) is 2.65. The third kappa shape index (κ3) is 2.84. The Kier molecular flexibility index (Phi) is 3.42. The highest BCUT2D eigenvalue weighted by atomic mass is 16.5. The SMILES string of the molecule is Cc1cccc(NCCc2c(C)noc2C)n1. The molecule has 0 spiro atoms. The van der Waals surface area contributed by atoms with Crippen LogP contribution in [0.4, 0.5) is 5.82 Å². The first-order valence-electron chi connectivity index (χ1n) is 5.76. The lowest BCUT2D eigenvalue weighted by atomic mass is 10.1. The van der Waals surface area contributed by atoms with Crippen molar-refractivity contribution in [1.29, 1.82) is 0 Å². The van der Waals surface area contributed by atoms with Crippen LogP contribution in [0, 0.1) is 20.8 Å². The number of aryl methyl sites for hydroxylation is 3. The molecule has 0 aliphatic heterocycles. The Labute approximate surface area is 101 Å². The Bertz CT molecular complexity index is 486. The fourth-order valence-electron chi connectivity index (χ4n) is 1.82. The van der Waals surface area contributed by atoms with Crippen molar-refractivity contribution in [3.05, 3.63) is 40.9 Å². The van der Waals surface area contributed by atoms with Crippen molar-refractivity contribution in [2.45, 2.75) is 27.2 Å². The van der Waals surface area contributed by atoms with E-state index >= 15 is 0 Å². The van der Waals surface area contributed by atoms with Crippen LogP contribution in [0.5, 0.6) is 0 Å². The largest absolute Gasteiger partial charge is 0.370 e. The zero-order chi connectivity index (χ0) is 12.3. The molecule has 0 aliphatic carbocycles. The van der Waals surface area contributed by atoms with Crippen LogP contribution in [0.3, 0.4) is 0 Å². The van der Waals surface area contributed by atoms with Gasteiger partial charge in [-0.25, -0.2) is 4.98 Å². The second kappa shape index (κ2) is 4.99. The number of rotatable bonds is 4. The number of hydrogen-bond donors (Lipinski definition) is 1. The van der Waals surface area contributed by atoms with Crippen LogP contribution in [0.25, 0.3) is 0 Å². The fourth-order valence-corrected chi connectivity index (χ4v) is 1.82. The Hall–Kier alpha value is -1.84. The molecule has 4 nitrogen and oxygen atoms in total. The molecule has 0 atom stereocenters. The molecule has 2 aromatic heterocycles. The molecule has 2 aromatic rings. The Morgan fingerprint density at radius 1 is 1.24 bits per heavy atom. The second-order valence-corrected chi connectivity index (χ2v) is 4.14. The van der Waals surface area contributed by atoms with Crippen LogP contribution in [-0.4, -0.2) is 16.7 Å². The number of anilines is 1. The van der Waals surface area contributed by atoms with E-state index in [-0.39, 0.29) is 0 Å². The molecule has 0 unspecified atom stereocenters. The van der Waals surface area contributed by atoms with Crippen LogP contribution in [-0.2, 0) is 6.42 Å². The first-order valence-corrected chi connectivity index (χ1v) is 5.76. The van der Waals surface area contributed by atoms with Gasteiger partial charge in [-0.1, -0.05) is 11.2 Å². The summed E-state index contributed by atoms with van der Waals surface area (Å²) in [7, 11) is 0. The highest BCUT2D eigenvalue weighted by Crippen LogP contribution is 2.13. The van der Waals surface area contributed by atoms with Gasteiger partial charge < -0.3 is 9.84 Å². The number of pyridine rings is 1. The van der Waals surface area contributed by atoms with Gasteiger partial charge in [0.15, 0.2) is 0 Å². The molecule has 0 bridgehead atoms. The highest BCUT2D eigenvalue weighted by Gasteiger charge is 2.07. The molecule has 1 N–H and O–H groups in total. The van der Waals surface area contributed by atoms with Gasteiger partial charge in [0.1, 0.15) is 11.6 Å². The summed E-state index contributed by atoms with van der Waals surface area (Å²) in [6.07, 6.45) is 0.900. The minimum Gasteiger partial charge on any atom is -0.370 e. The first kappa shape index (κ1) is 11.6. The van der Waals surface area contributed by atoms with Gasteiger partial charge in [0, 0.05) is 17.8 Å². The summed E-state index contributed by atoms with van der Waals surface area (Å²) in [6, 6.07) is 5.96. The summed E-state index contributed by atoms with van der Waals surface area (Å²) in [5, 5.41) is 7.24. The van der Waals surface area contributed by atoms with E-state index in [0.717, 1.165) is 35.9 Å². The minimum absolute atomic E-state index is 0.833. The fraction of sp³-hybridized carbons (Fsp3) is 0.385. The van der Waals surface area contributed by atoms with E-state index < -0.39 is 0 Å². The molecule has 0 aliphatic rings. The van der Waals surface area contributed by atoms with Gasteiger partial charge >= 0.3 is 0 Å². The van der Waals surface area contributed by atoms with Gasteiger partial charge in [-0.2, -0.15) is 0 Å². The molecule has 17 heavy (non-hydrogen) atoms. The van der Waals surface area contributed by atoms with Crippen molar-refractivity contribution in [3.8, 4) is 0 Å². The molecule has 4 heteroatoms. The van der Waals surface area contributed by atoms with E-state index in [4.69, 9.17) is 4.52 Å². The van der Waals surface area contributed by atoms with Crippen LogP contribution in [0.2, 0.25) is 0 Å². The van der Waals surface area contributed by atoms with E-state index in [2.05, 4.69) is 15.5 Å². The Balaban J connectivity index is 1.92. The molecule has 2 rings (SSSR count). The summed E-state index contributed by atoms with van der Waals surface area (Å²) in [4.78, 5) is 4.39. The average molecular weight is 231 g/mol. The van der Waals surface area contributed by atoms with Gasteiger partial charge in [-0.15, -0.1) is 0 Å². The lowest BCUT2D eigenvalue weighted by molar-refractivity contribution is 0.392. The zero-order valence-electron chi connectivity index (χ0n) is 10.4. The Morgan fingerprint density at radius 2 is 2.06 bits per heavy atom. The normalized spacial score (nSPS) is 10.5. The Morgan fingerprint density at radius 3 is 2.71 bits per heavy atom. The maximum Gasteiger partial charge on any atom is 0.137 e. The van der Waals surface area contributed by atoms with Crippen molar-refractivity contribution in [1.82, 2.24) is 10.1 Å². The van der Waals surface area contributed by atoms with Crippen LogP contribution < -0.4 is 5.32 Å². The monoisotopic (exact) mass is 231 g/mol. The van der Waals surface area contributed by atoms with Crippen molar-refractivity contribution >= 4 is 5.82 Å². The number of nitrogens with zero attached hydrogens (tertiary/aromatic N) is 2. The maximum absolute atomic E-state index is 5.12. The number of nitrogens with one attached hydrogen (secondary N) is 1. The average Bonchev–Trinajstić information content (AvgIpc) is 2.61. The predicted molar refractivity (Wildman–Crippen MR) is 67.1 cm³/mol. The lowest BCUT2D eigenvalue weighted by Crippen LogP contribution is -2.07. The molecular formula is C13H17N3O. The molecule has 2 heterocycles. The second-order valence-electron chi connectivity index (χ2n) is 4.14. The smallest absolute Gasteiger partial charge is 0.137 e. The topological polar surface area (TPSA) is 51.0 Å². The summed E-state index contributed by atoms with van der Waals surface area (Å²) >= 11 is 0. The van der Waals surface area contributed by atoms with Crippen molar-refractivity contribution in [2.75, 3.05) is 11.9 Å². The van der Waals surface area contributed by atoms with E-state index in [1.807, 2.05) is 39.0 Å². The number of hydrogen-bond acceptors (Lipinski definition) is 4. The maximum atomic E-state index is 5.12.